The maximum atomic E-state index is 3.71. The lowest BCUT2D eigenvalue weighted by molar-refractivity contribution is 0.391. The minimum atomic E-state index is 0.720. The number of rotatable bonds is 3. The zero-order valence-electron chi connectivity index (χ0n) is 9.95. The zero-order chi connectivity index (χ0) is 11.0. The van der Waals surface area contributed by atoms with Gasteiger partial charge in [-0.1, -0.05) is 24.3 Å². The van der Waals surface area contributed by atoms with Crippen molar-refractivity contribution in [2.45, 2.75) is 24.8 Å². The minimum absolute atomic E-state index is 0.720. The lowest BCUT2D eigenvalue weighted by atomic mass is 9.77. The third kappa shape index (κ3) is 1.87. The van der Waals surface area contributed by atoms with Crippen molar-refractivity contribution in [1.29, 1.82) is 0 Å². The van der Waals surface area contributed by atoms with E-state index < -0.39 is 0 Å². The van der Waals surface area contributed by atoms with Gasteiger partial charge in [-0.25, -0.2) is 0 Å². The molecule has 1 fully saturated rings. The Balaban J connectivity index is 1.51. The molecule has 1 aromatic carbocycles. The van der Waals surface area contributed by atoms with Gasteiger partial charge in [-0.15, -0.1) is 0 Å². The molecule has 1 aliphatic carbocycles. The van der Waals surface area contributed by atoms with Crippen LogP contribution >= 0.6 is 0 Å². The molecule has 2 unspecified atom stereocenters. The molecule has 0 bridgehead atoms. The van der Waals surface area contributed by atoms with Crippen LogP contribution in [0, 0.1) is 0 Å². The number of hydrogen-bond donors (Lipinski definition) is 1. The number of fused-ring (bicyclic) bond motifs is 1. The Morgan fingerprint density at radius 3 is 3.00 bits per heavy atom. The molecule has 1 saturated heterocycles. The Bertz CT molecular complexity index is 375. The highest BCUT2D eigenvalue weighted by Gasteiger charge is 2.27. The van der Waals surface area contributed by atoms with Gasteiger partial charge in [0.25, 0.3) is 0 Å². The number of nitrogens with zero attached hydrogens (tertiary/aromatic N) is 1. The van der Waals surface area contributed by atoms with E-state index in [-0.39, 0.29) is 0 Å². The maximum Gasteiger partial charge on any atom is 0.0207 e. The van der Waals surface area contributed by atoms with Crippen molar-refractivity contribution in [1.82, 2.24) is 10.2 Å². The van der Waals surface area contributed by atoms with Gasteiger partial charge in [0, 0.05) is 25.0 Å². The Morgan fingerprint density at radius 2 is 2.25 bits per heavy atom. The summed E-state index contributed by atoms with van der Waals surface area (Å²) in [4.78, 5) is 2.41. The Kier molecular flexibility index (Phi) is 2.70. The predicted octanol–water partition coefficient (Wildman–Crippen LogP) is 1.62. The van der Waals surface area contributed by atoms with Gasteiger partial charge in [0.05, 0.1) is 0 Å². The average molecular weight is 216 g/mol. The van der Waals surface area contributed by atoms with Crippen molar-refractivity contribution in [2.75, 3.05) is 26.7 Å². The SMILES string of the molecule is CN1CCC(NCC2Cc3ccccc32)C1. The molecular formula is C14H20N2. The van der Waals surface area contributed by atoms with E-state index in [0.29, 0.717) is 0 Å². The topological polar surface area (TPSA) is 15.3 Å². The van der Waals surface area contributed by atoms with E-state index in [9.17, 15) is 0 Å². The predicted molar refractivity (Wildman–Crippen MR) is 66.8 cm³/mol. The molecule has 1 aliphatic heterocycles. The van der Waals surface area contributed by atoms with E-state index in [2.05, 4.69) is 41.5 Å². The second-order valence-electron chi connectivity index (χ2n) is 5.26. The number of nitrogens with one attached hydrogen (secondary N) is 1. The van der Waals surface area contributed by atoms with E-state index in [1.807, 2.05) is 0 Å². The van der Waals surface area contributed by atoms with Gasteiger partial charge in [0.1, 0.15) is 0 Å². The number of likely N-dealkylation sites (tertiary alicyclic amines) is 1. The minimum Gasteiger partial charge on any atom is -0.312 e. The molecule has 3 rings (SSSR count). The fraction of sp³-hybridized carbons (Fsp3) is 0.571. The fourth-order valence-corrected chi connectivity index (χ4v) is 2.96. The summed E-state index contributed by atoms with van der Waals surface area (Å²) in [5.41, 5.74) is 3.12. The van der Waals surface area contributed by atoms with E-state index >= 15 is 0 Å². The molecule has 16 heavy (non-hydrogen) atoms. The number of benzene rings is 1. The highest BCUT2D eigenvalue weighted by Crippen LogP contribution is 2.34. The van der Waals surface area contributed by atoms with Crippen LogP contribution in [-0.2, 0) is 6.42 Å². The van der Waals surface area contributed by atoms with Crippen molar-refractivity contribution in [3.8, 4) is 0 Å². The van der Waals surface area contributed by atoms with Gasteiger partial charge >= 0.3 is 0 Å². The molecule has 0 spiro atoms. The average Bonchev–Trinajstić information content (AvgIpc) is 2.66. The molecule has 1 heterocycles. The van der Waals surface area contributed by atoms with Crippen LogP contribution < -0.4 is 5.32 Å². The Labute approximate surface area is 97.6 Å². The molecule has 2 aliphatic rings. The highest BCUT2D eigenvalue weighted by molar-refractivity contribution is 5.40. The standard InChI is InChI=1S/C14H20N2/c1-16-7-6-13(10-16)15-9-12-8-11-4-2-3-5-14(11)12/h2-5,12-13,15H,6-10H2,1H3. The first-order chi connectivity index (χ1) is 7.83. The zero-order valence-corrected chi connectivity index (χ0v) is 9.95. The molecule has 0 aromatic heterocycles. The quantitative estimate of drug-likeness (QED) is 0.826. The van der Waals surface area contributed by atoms with Gasteiger partial charge in [0.15, 0.2) is 0 Å². The van der Waals surface area contributed by atoms with E-state index in [1.165, 1.54) is 25.9 Å². The molecule has 2 atom stereocenters. The second-order valence-corrected chi connectivity index (χ2v) is 5.26. The summed E-state index contributed by atoms with van der Waals surface area (Å²) in [6, 6.07) is 9.57. The van der Waals surface area contributed by atoms with E-state index in [0.717, 1.165) is 18.5 Å². The first kappa shape index (κ1) is 10.3. The van der Waals surface area contributed by atoms with Crippen LogP contribution in [0.5, 0.6) is 0 Å². The summed E-state index contributed by atoms with van der Waals surface area (Å²) in [6.07, 6.45) is 2.58. The summed E-state index contributed by atoms with van der Waals surface area (Å²) in [7, 11) is 2.21. The van der Waals surface area contributed by atoms with Crippen molar-refractivity contribution >= 4 is 0 Å². The van der Waals surface area contributed by atoms with Crippen molar-refractivity contribution in [2.24, 2.45) is 0 Å². The molecule has 2 nitrogen and oxygen atoms in total. The first-order valence-corrected chi connectivity index (χ1v) is 6.32. The molecule has 1 N–H and O–H groups in total. The van der Waals surface area contributed by atoms with Crippen molar-refractivity contribution < 1.29 is 0 Å². The van der Waals surface area contributed by atoms with Gasteiger partial charge in [-0.2, -0.15) is 0 Å². The largest absolute Gasteiger partial charge is 0.312 e. The van der Waals surface area contributed by atoms with Crippen LogP contribution in [0.1, 0.15) is 23.5 Å². The lowest BCUT2D eigenvalue weighted by Gasteiger charge is -2.31. The second kappa shape index (κ2) is 4.19. The molecule has 1 aromatic rings. The molecular weight excluding hydrogens is 196 g/mol. The van der Waals surface area contributed by atoms with Crippen LogP contribution in [0.3, 0.4) is 0 Å². The van der Waals surface area contributed by atoms with E-state index in [4.69, 9.17) is 0 Å². The van der Waals surface area contributed by atoms with Crippen molar-refractivity contribution in [3.63, 3.8) is 0 Å². The summed E-state index contributed by atoms with van der Waals surface area (Å²) in [6.45, 7) is 3.63. The molecule has 0 saturated carbocycles. The van der Waals surface area contributed by atoms with Crippen LogP contribution in [0.25, 0.3) is 0 Å². The third-order valence-electron chi connectivity index (χ3n) is 4.01. The summed E-state index contributed by atoms with van der Waals surface area (Å²) in [5, 5.41) is 3.71. The highest BCUT2D eigenvalue weighted by atomic mass is 15.2. The lowest BCUT2D eigenvalue weighted by Crippen LogP contribution is -2.37. The Hall–Kier alpha value is -0.860. The van der Waals surface area contributed by atoms with Crippen LogP contribution in [0.15, 0.2) is 24.3 Å². The molecule has 86 valence electrons. The molecule has 0 radical (unpaired) electrons. The van der Waals surface area contributed by atoms with Gasteiger partial charge in [-0.3, -0.25) is 0 Å². The Morgan fingerprint density at radius 1 is 1.38 bits per heavy atom. The molecule has 0 amide bonds. The first-order valence-electron chi connectivity index (χ1n) is 6.32. The van der Waals surface area contributed by atoms with Gasteiger partial charge in [-0.05, 0) is 37.6 Å². The monoisotopic (exact) mass is 216 g/mol. The van der Waals surface area contributed by atoms with Crippen LogP contribution in [0.2, 0.25) is 0 Å². The third-order valence-corrected chi connectivity index (χ3v) is 4.01. The van der Waals surface area contributed by atoms with E-state index in [1.54, 1.807) is 11.1 Å². The summed E-state index contributed by atoms with van der Waals surface area (Å²) in [5.74, 6) is 0.766. The number of hydrogen-bond acceptors (Lipinski definition) is 2. The maximum absolute atomic E-state index is 3.71. The molecule has 2 heteroatoms. The van der Waals surface area contributed by atoms with Gasteiger partial charge in [0.2, 0.25) is 0 Å². The van der Waals surface area contributed by atoms with Gasteiger partial charge < -0.3 is 10.2 Å². The normalized spacial score (nSPS) is 28.8. The van der Waals surface area contributed by atoms with Crippen LogP contribution in [-0.4, -0.2) is 37.6 Å². The summed E-state index contributed by atoms with van der Waals surface area (Å²) >= 11 is 0. The van der Waals surface area contributed by atoms with Crippen LogP contribution in [0.4, 0.5) is 0 Å². The summed E-state index contributed by atoms with van der Waals surface area (Å²) < 4.78 is 0. The smallest absolute Gasteiger partial charge is 0.0207 e. The van der Waals surface area contributed by atoms with Crippen molar-refractivity contribution in [3.05, 3.63) is 35.4 Å². The number of likely N-dealkylation sites (N-methyl/N-ethyl adjacent to an activating group) is 1. The fourth-order valence-electron chi connectivity index (χ4n) is 2.96.